The van der Waals surface area contributed by atoms with Crippen LogP contribution >= 0.6 is 0 Å². The monoisotopic (exact) mass is 235 g/mol. The summed E-state index contributed by atoms with van der Waals surface area (Å²) in [5, 5.41) is 12.8. The zero-order valence-electron chi connectivity index (χ0n) is 11.3. The van der Waals surface area contributed by atoms with Gasteiger partial charge in [0.25, 0.3) is 0 Å². The van der Waals surface area contributed by atoms with Gasteiger partial charge >= 0.3 is 0 Å². The van der Waals surface area contributed by atoms with Gasteiger partial charge in [-0.15, -0.1) is 0 Å². The molecule has 0 spiro atoms. The van der Waals surface area contributed by atoms with Gasteiger partial charge in [0.05, 0.1) is 5.60 Å². The van der Waals surface area contributed by atoms with Crippen LogP contribution in [0.2, 0.25) is 0 Å². The van der Waals surface area contributed by atoms with Crippen molar-refractivity contribution in [1.82, 2.24) is 5.32 Å². The lowest BCUT2D eigenvalue weighted by Gasteiger charge is -2.17. The Labute approximate surface area is 105 Å². The fourth-order valence-electron chi connectivity index (χ4n) is 1.79. The summed E-state index contributed by atoms with van der Waals surface area (Å²) < 4.78 is 0. The van der Waals surface area contributed by atoms with Crippen LogP contribution in [0.1, 0.15) is 38.3 Å². The summed E-state index contributed by atoms with van der Waals surface area (Å²) in [6, 6.07) is 8.84. The quantitative estimate of drug-likeness (QED) is 0.712. The molecule has 0 atom stereocenters. The molecule has 0 saturated carbocycles. The normalized spacial score (nSPS) is 11.8. The Hall–Kier alpha value is -0.860. The lowest BCUT2D eigenvalue weighted by molar-refractivity contribution is 0.0801. The Morgan fingerprint density at radius 1 is 1.06 bits per heavy atom. The summed E-state index contributed by atoms with van der Waals surface area (Å²) in [5.41, 5.74) is 2.15. The van der Waals surface area contributed by atoms with Crippen LogP contribution in [-0.4, -0.2) is 23.8 Å². The van der Waals surface area contributed by atoms with E-state index in [-0.39, 0.29) is 0 Å². The van der Waals surface area contributed by atoms with Crippen LogP contribution in [0.3, 0.4) is 0 Å². The molecule has 2 nitrogen and oxygen atoms in total. The molecule has 0 bridgehead atoms. The number of nitrogens with one attached hydrogen (secondary N) is 1. The topological polar surface area (TPSA) is 32.3 Å². The van der Waals surface area contributed by atoms with Gasteiger partial charge in [0.2, 0.25) is 0 Å². The molecule has 0 amide bonds. The first-order chi connectivity index (χ1) is 8.01. The molecule has 1 aromatic carbocycles. The Morgan fingerprint density at radius 2 is 1.59 bits per heavy atom. The molecule has 0 aromatic heterocycles. The first kappa shape index (κ1) is 14.2. The standard InChI is InChI=1S/C15H25NO/c1-4-5-13-6-8-14(9-7-13)10-11-16-12-15(2,3)17/h6-9,16-17H,4-5,10-12H2,1-3H3. The molecule has 0 fully saturated rings. The van der Waals surface area contributed by atoms with Crippen molar-refractivity contribution >= 4 is 0 Å². The van der Waals surface area contributed by atoms with Crippen molar-refractivity contribution in [1.29, 1.82) is 0 Å². The summed E-state index contributed by atoms with van der Waals surface area (Å²) in [6.07, 6.45) is 3.38. The van der Waals surface area contributed by atoms with E-state index < -0.39 is 5.60 Å². The predicted octanol–water partition coefficient (Wildman–Crippen LogP) is 2.54. The zero-order valence-corrected chi connectivity index (χ0v) is 11.3. The maximum Gasteiger partial charge on any atom is 0.0715 e. The van der Waals surface area contributed by atoms with Crippen molar-refractivity contribution in [2.45, 2.75) is 45.6 Å². The summed E-state index contributed by atoms with van der Waals surface area (Å²) in [5.74, 6) is 0. The third-order valence-corrected chi connectivity index (χ3v) is 2.71. The van der Waals surface area contributed by atoms with E-state index in [1.54, 1.807) is 0 Å². The van der Waals surface area contributed by atoms with E-state index in [0.717, 1.165) is 19.4 Å². The Balaban J connectivity index is 2.27. The van der Waals surface area contributed by atoms with Gasteiger partial charge in [0.15, 0.2) is 0 Å². The SMILES string of the molecule is CCCc1ccc(CCNCC(C)(C)O)cc1. The molecule has 0 aliphatic heterocycles. The number of hydrogen-bond donors (Lipinski definition) is 2. The van der Waals surface area contributed by atoms with Crippen LogP contribution < -0.4 is 5.32 Å². The van der Waals surface area contributed by atoms with Gasteiger partial charge in [-0.05, 0) is 44.4 Å². The van der Waals surface area contributed by atoms with E-state index >= 15 is 0 Å². The molecule has 1 aromatic rings. The second-order valence-corrected chi connectivity index (χ2v) is 5.31. The molecule has 0 aliphatic rings. The van der Waals surface area contributed by atoms with Gasteiger partial charge in [0.1, 0.15) is 0 Å². The van der Waals surface area contributed by atoms with E-state index in [2.05, 4.69) is 36.5 Å². The van der Waals surface area contributed by atoms with Crippen LogP contribution in [-0.2, 0) is 12.8 Å². The highest BCUT2D eigenvalue weighted by Gasteiger charge is 2.10. The molecule has 1 rings (SSSR count). The lowest BCUT2D eigenvalue weighted by Crippen LogP contribution is -2.35. The minimum Gasteiger partial charge on any atom is -0.389 e. The summed E-state index contributed by atoms with van der Waals surface area (Å²) in [7, 11) is 0. The van der Waals surface area contributed by atoms with Crippen LogP contribution in [0.5, 0.6) is 0 Å². The molecule has 0 radical (unpaired) electrons. The van der Waals surface area contributed by atoms with Gasteiger partial charge in [-0.1, -0.05) is 37.6 Å². The predicted molar refractivity (Wildman–Crippen MR) is 73.3 cm³/mol. The van der Waals surface area contributed by atoms with Gasteiger partial charge in [-0.3, -0.25) is 0 Å². The highest BCUT2D eigenvalue weighted by Crippen LogP contribution is 2.07. The van der Waals surface area contributed by atoms with Gasteiger partial charge in [0, 0.05) is 6.54 Å². The molecule has 17 heavy (non-hydrogen) atoms. The molecule has 0 heterocycles. The number of aliphatic hydroxyl groups is 1. The molecular weight excluding hydrogens is 210 g/mol. The average molecular weight is 235 g/mol. The maximum atomic E-state index is 9.55. The second-order valence-electron chi connectivity index (χ2n) is 5.31. The second kappa shape index (κ2) is 6.77. The van der Waals surface area contributed by atoms with E-state index in [0.29, 0.717) is 6.54 Å². The average Bonchev–Trinajstić information content (AvgIpc) is 2.26. The minimum absolute atomic E-state index is 0.620. The third-order valence-electron chi connectivity index (χ3n) is 2.71. The number of aryl methyl sites for hydroxylation is 1. The maximum absolute atomic E-state index is 9.55. The molecule has 2 heteroatoms. The van der Waals surface area contributed by atoms with E-state index in [1.807, 2.05) is 13.8 Å². The van der Waals surface area contributed by atoms with Crippen LogP contribution in [0, 0.1) is 0 Å². The van der Waals surface area contributed by atoms with Crippen molar-refractivity contribution < 1.29 is 5.11 Å². The summed E-state index contributed by atoms with van der Waals surface area (Å²) >= 11 is 0. The van der Waals surface area contributed by atoms with E-state index in [1.165, 1.54) is 17.5 Å². The van der Waals surface area contributed by atoms with Crippen molar-refractivity contribution in [3.05, 3.63) is 35.4 Å². The number of hydrogen-bond acceptors (Lipinski definition) is 2. The van der Waals surface area contributed by atoms with E-state index in [4.69, 9.17) is 0 Å². The first-order valence-corrected chi connectivity index (χ1v) is 6.52. The molecular formula is C15H25NO. The summed E-state index contributed by atoms with van der Waals surface area (Å²) in [6.45, 7) is 7.39. The Kier molecular flexibility index (Phi) is 5.66. The third kappa shape index (κ3) is 6.44. The smallest absolute Gasteiger partial charge is 0.0715 e. The lowest BCUT2D eigenvalue weighted by atomic mass is 10.1. The van der Waals surface area contributed by atoms with E-state index in [9.17, 15) is 5.11 Å². The van der Waals surface area contributed by atoms with Gasteiger partial charge in [-0.25, -0.2) is 0 Å². The van der Waals surface area contributed by atoms with Crippen molar-refractivity contribution in [2.24, 2.45) is 0 Å². The fraction of sp³-hybridized carbons (Fsp3) is 0.600. The van der Waals surface area contributed by atoms with Crippen LogP contribution in [0.15, 0.2) is 24.3 Å². The van der Waals surface area contributed by atoms with Crippen molar-refractivity contribution in [3.63, 3.8) is 0 Å². The fourth-order valence-corrected chi connectivity index (χ4v) is 1.79. The Morgan fingerprint density at radius 3 is 2.06 bits per heavy atom. The van der Waals surface area contributed by atoms with Crippen molar-refractivity contribution in [3.8, 4) is 0 Å². The molecule has 2 N–H and O–H groups in total. The molecule has 0 saturated heterocycles. The highest BCUT2D eigenvalue weighted by atomic mass is 16.3. The van der Waals surface area contributed by atoms with Crippen LogP contribution in [0.25, 0.3) is 0 Å². The first-order valence-electron chi connectivity index (χ1n) is 6.52. The van der Waals surface area contributed by atoms with Crippen molar-refractivity contribution in [2.75, 3.05) is 13.1 Å². The number of benzene rings is 1. The molecule has 0 unspecified atom stereocenters. The number of rotatable bonds is 7. The highest BCUT2D eigenvalue weighted by molar-refractivity contribution is 5.22. The van der Waals surface area contributed by atoms with Gasteiger partial charge in [-0.2, -0.15) is 0 Å². The summed E-state index contributed by atoms with van der Waals surface area (Å²) in [4.78, 5) is 0. The molecule has 96 valence electrons. The Bertz CT molecular complexity index is 311. The molecule has 0 aliphatic carbocycles. The zero-order chi connectivity index (χ0) is 12.7. The van der Waals surface area contributed by atoms with Crippen LogP contribution in [0.4, 0.5) is 0 Å². The minimum atomic E-state index is -0.620. The van der Waals surface area contributed by atoms with Gasteiger partial charge < -0.3 is 10.4 Å². The largest absolute Gasteiger partial charge is 0.389 e.